The number of hydrogen-bond donors (Lipinski definition) is 2. The molecular formula is C15H11F9N2O3. The molecule has 0 unspecified atom stereocenters. The smallest absolute Gasteiger partial charge is 0.391 e. The molecule has 2 rings (SSSR count). The number of nitrogens with zero attached hydrogens (tertiary/aromatic N) is 1. The fourth-order valence-electron chi connectivity index (χ4n) is 2.70. The van der Waals surface area contributed by atoms with Gasteiger partial charge in [0.25, 0.3) is 0 Å². The van der Waals surface area contributed by atoms with Crippen LogP contribution in [0.2, 0.25) is 0 Å². The van der Waals surface area contributed by atoms with Gasteiger partial charge in [-0.2, -0.15) is 39.5 Å². The topological polar surface area (TPSA) is 69.6 Å². The number of aliphatic hydroxyl groups excluding tert-OH is 1. The third kappa shape index (κ3) is 5.31. The first-order chi connectivity index (χ1) is 13.0. The first-order valence-electron chi connectivity index (χ1n) is 7.66. The van der Waals surface area contributed by atoms with Crippen LogP contribution in [0, 0.1) is 0 Å². The van der Waals surface area contributed by atoms with E-state index >= 15 is 0 Å². The van der Waals surface area contributed by atoms with Crippen molar-refractivity contribution in [1.29, 1.82) is 0 Å². The van der Waals surface area contributed by atoms with Crippen molar-refractivity contribution in [3.8, 4) is 0 Å². The molecule has 1 saturated heterocycles. The molecule has 2 atom stereocenters. The number of alkyl halides is 9. The maximum atomic E-state index is 12.8. The van der Waals surface area contributed by atoms with E-state index in [9.17, 15) is 54.2 Å². The molecule has 1 heterocycles. The summed E-state index contributed by atoms with van der Waals surface area (Å²) in [5.41, 5.74) is -4.49. The predicted molar refractivity (Wildman–Crippen MR) is 77.3 cm³/mol. The van der Waals surface area contributed by atoms with Crippen molar-refractivity contribution in [2.75, 3.05) is 11.9 Å². The number of rotatable bonds is 2. The van der Waals surface area contributed by atoms with E-state index in [-0.39, 0.29) is 23.1 Å². The zero-order valence-corrected chi connectivity index (χ0v) is 13.9. The van der Waals surface area contributed by atoms with Crippen molar-refractivity contribution in [1.82, 2.24) is 4.90 Å². The number of anilines is 1. The maximum Gasteiger partial charge on any atom is 0.471 e. The molecule has 1 aliphatic heterocycles. The summed E-state index contributed by atoms with van der Waals surface area (Å²) in [5.74, 6) is -3.96. The van der Waals surface area contributed by atoms with Crippen LogP contribution < -0.4 is 5.32 Å². The Labute approximate surface area is 156 Å². The van der Waals surface area contributed by atoms with E-state index in [1.807, 2.05) is 0 Å². The van der Waals surface area contributed by atoms with Crippen LogP contribution in [0.3, 0.4) is 0 Å². The minimum Gasteiger partial charge on any atom is -0.391 e. The van der Waals surface area contributed by atoms with Gasteiger partial charge < -0.3 is 15.3 Å². The van der Waals surface area contributed by atoms with E-state index in [4.69, 9.17) is 0 Å². The number of aliphatic hydroxyl groups is 1. The predicted octanol–water partition coefficient (Wildman–Crippen LogP) is 3.19. The molecule has 2 N–H and O–H groups in total. The molecule has 0 spiro atoms. The fraction of sp³-hybridized carbons (Fsp3) is 0.467. The van der Waals surface area contributed by atoms with Crippen molar-refractivity contribution in [3.05, 3.63) is 29.3 Å². The highest BCUT2D eigenvalue weighted by atomic mass is 19.4. The quantitative estimate of drug-likeness (QED) is 0.698. The molecule has 14 heteroatoms. The third-order valence-electron chi connectivity index (χ3n) is 3.94. The fourth-order valence-corrected chi connectivity index (χ4v) is 2.70. The highest BCUT2D eigenvalue weighted by molar-refractivity contribution is 5.98. The van der Waals surface area contributed by atoms with Gasteiger partial charge in [0.05, 0.1) is 17.2 Å². The second-order valence-corrected chi connectivity index (χ2v) is 6.14. The lowest BCUT2D eigenvalue weighted by Gasteiger charge is -2.24. The Morgan fingerprint density at radius 3 is 1.83 bits per heavy atom. The first-order valence-corrected chi connectivity index (χ1v) is 7.66. The van der Waals surface area contributed by atoms with Gasteiger partial charge in [0.2, 0.25) is 5.91 Å². The Morgan fingerprint density at radius 1 is 0.931 bits per heavy atom. The Hall–Kier alpha value is -2.51. The monoisotopic (exact) mass is 438 g/mol. The summed E-state index contributed by atoms with van der Waals surface area (Å²) in [7, 11) is 0. The molecule has 0 radical (unpaired) electrons. The molecule has 2 amide bonds. The summed E-state index contributed by atoms with van der Waals surface area (Å²) in [5, 5.41) is 11.1. The lowest BCUT2D eigenvalue weighted by Crippen LogP contribution is -2.48. The van der Waals surface area contributed by atoms with Crippen LogP contribution >= 0.6 is 0 Å². The van der Waals surface area contributed by atoms with Crippen LogP contribution in [0.15, 0.2) is 18.2 Å². The lowest BCUT2D eigenvalue weighted by molar-refractivity contribution is -0.186. The summed E-state index contributed by atoms with van der Waals surface area (Å²) in [6.07, 6.45) is -18.0. The highest BCUT2D eigenvalue weighted by Gasteiger charge is 2.49. The number of hydrogen-bond acceptors (Lipinski definition) is 3. The van der Waals surface area contributed by atoms with Crippen molar-refractivity contribution in [3.63, 3.8) is 0 Å². The summed E-state index contributed by atoms with van der Waals surface area (Å²) >= 11 is 0. The molecular weight excluding hydrogens is 427 g/mol. The lowest BCUT2D eigenvalue weighted by atomic mass is 10.1. The number of carbonyl (C=O) groups excluding carboxylic acids is 2. The normalized spacial score (nSPS) is 20.7. The summed E-state index contributed by atoms with van der Waals surface area (Å²) in [6.45, 7) is -0.882. The first kappa shape index (κ1) is 22.8. The highest BCUT2D eigenvalue weighted by Crippen LogP contribution is 2.37. The summed E-state index contributed by atoms with van der Waals surface area (Å²) < 4.78 is 115. The number of benzene rings is 1. The number of nitrogens with one attached hydrogen (secondary N) is 1. The number of β-amino-alcohol motifs (C(OH)–C–C–N with tert-alkyl or cyclic N) is 1. The largest absolute Gasteiger partial charge is 0.471 e. The van der Waals surface area contributed by atoms with Gasteiger partial charge in [-0.05, 0) is 18.2 Å². The molecule has 0 aromatic heterocycles. The zero-order valence-electron chi connectivity index (χ0n) is 13.9. The molecule has 1 aromatic carbocycles. The standard InChI is InChI=1S/C15H11F9N2O3/c16-13(17,18)6-1-7(14(19,20)21)3-8(2-6)25-11(28)10-4-9(27)5-26(10)12(29)15(22,23)24/h1-3,9-10,27H,4-5H2,(H,25,28)/t9-,10+/m0/s1. The number of amides is 2. The van der Waals surface area contributed by atoms with E-state index in [1.54, 1.807) is 5.32 Å². The molecule has 29 heavy (non-hydrogen) atoms. The minimum atomic E-state index is -5.40. The van der Waals surface area contributed by atoms with Gasteiger partial charge in [-0.1, -0.05) is 0 Å². The van der Waals surface area contributed by atoms with E-state index < -0.39 is 72.3 Å². The Kier molecular flexibility index (Phi) is 5.80. The minimum absolute atomic E-state index is 0.0434. The van der Waals surface area contributed by atoms with Gasteiger partial charge >= 0.3 is 24.4 Å². The Balaban J connectivity index is 2.35. The molecule has 162 valence electrons. The molecule has 0 bridgehead atoms. The van der Waals surface area contributed by atoms with Crippen molar-refractivity contribution in [2.45, 2.75) is 37.1 Å². The van der Waals surface area contributed by atoms with Crippen molar-refractivity contribution >= 4 is 17.5 Å². The van der Waals surface area contributed by atoms with E-state index in [0.29, 0.717) is 0 Å². The maximum absolute atomic E-state index is 12.8. The van der Waals surface area contributed by atoms with Crippen LogP contribution in [0.4, 0.5) is 45.2 Å². The van der Waals surface area contributed by atoms with Crippen LogP contribution in [0.1, 0.15) is 17.5 Å². The number of halogens is 9. The van der Waals surface area contributed by atoms with Crippen LogP contribution in [-0.4, -0.2) is 46.7 Å². The summed E-state index contributed by atoms with van der Waals surface area (Å²) in [4.78, 5) is 23.5. The van der Waals surface area contributed by atoms with E-state index in [2.05, 4.69) is 0 Å². The molecule has 1 fully saturated rings. The zero-order chi connectivity index (χ0) is 22.4. The molecule has 0 saturated carbocycles. The average Bonchev–Trinajstić information content (AvgIpc) is 2.93. The van der Waals surface area contributed by atoms with E-state index in [0.717, 1.165) is 0 Å². The summed E-state index contributed by atoms with van der Waals surface area (Å²) in [6, 6.07) is -1.82. The van der Waals surface area contributed by atoms with E-state index in [1.165, 1.54) is 0 Å². The van der Waals surface area contributed by atoms with Gasteiger partial charge in [-0.3, -0.25) is 9.59 Å². The third-order valence-corrected chi connectivity index (χ3v) is 3.94. The Morgan fingerprint density at radius 2 is 1.41 bits per heavy atom. The average molecular weight is 438 g/mol. The molecule has 0 aliphatic carbocycles. The van der Waals surface area contributed by atoms with Crippen LogP contribution in [0.5, 0.6) is 0 Å². The number of likely N-dealkylation sites (tertiary alicyclic amines) is 1. The van der Waals surface area contributed by atoms with Gasteiger partial charge in [0.1, 0.15) is 6.04 Å². The molecule has 1 aliphatic rings. The molecule has 1 aromatic rings. The second kappa shape index (κ2) is 7.39. The van der Waals surface area contributed by atoms with Crippen LogP contribution in [0.25, 0.3) is 0 Å². The SMILES string of the molecule is O=C(Nc1cc(C(F)(F)F)cc(C(F)(F)F)c1)[C@H]1C[C@H](O)CN1C(=O)C(F)(F)F. The Bertz CT molecular complexity index is 769. The second-order valence-electron chi connectivity index (χ2n) is 6.14. The van der Waals surface area contributed by atoms with Gasteiger partial charge in [0.15, 0.2) is 0 Å². The van der Waals surface area contributed by atoms with Crippen molar-refractivity contribution < 1.29 is 54.2 Å². The van der Waals surface area contributed by atoms with Crippen molar-refractivity contribution in [2.24, 2.45) is 0 Å². The molecule has 5 nitrogen and oxygen atoms in total. The number of carbonyl (C=O) groups is 2. The van der Waals surface area contributed by atoms with Gasteiger partial charge in [0, 0.05) is 18.7 Å². The van der Waals surface area contributed by atoms with Gasteiger partial charge in [-0.25, -0.2) is 0 Å². The van der Waals surface area contributed by atoms with Crippen LogP contribution in [-0.2, 0) is 21.9 Å². The van der Waals surface area contributed by atoms with Gasteiger partial charge in [-0.15, -0.1) is 0 Å².